The van der Waals surface area contributed by atoms with Gasteiger partial charge >= 0.3 is 6.18 Å². The van der Waals surface area contributed by atoms with Gasteiger partial charge in [0.15, 0.2) is 0 Å². The van der Waals surface area contributed by atoms with Gasteiger partial charge in [0.25, 0.3) is 11.8 Å². The third-order valence-corrected chi connectivity index (χ3v) is 4.48. The Morgan fingerprint density at radius 2 is 1.97 bits per heavy atom. The number of carbonyl (C=O) groups is 2. The van der Waals surface area contributed by atoms with Crippen molar-refractivity contribution < 1.29 is 27.9 Å². The number of aliphatic hydroxyl groups excluding tert-OH is 1. The van der Waals surface area contributed by atoms with Gasteiger partial charge in [-0.25, -0.2) is 4.98 Å². The van der Waals surface area contributed by atoms with Crippen molar-refractivity contribution in [3.8, 4) is 0 Å². The molecule has 1 aromatic heterocycles. The fraction of sp³-hybridized carbons (Fsp3) is 0.316. The monoisotopic (exact) mass is 408 g/mol. The van der Waals surface area contributed by atoms with Crippen LogP contribution in [0.15, 0.2) is 36.4 Å². The number of halogens is 3. The highest BCUT2D eigenvalue weighted by atomic mass is 19.4. The van der Waals surface area contributed by atoms with Crippen LogP contribution in [0.5, 0.6) is 0 Å². The first-order valence-electron chi connectivity index (χ1n) is 8.84. The molecule has 1 fully saturated rings. The number of rotatable bonds is 4. The molecule has 0 radical (unpaired) electrons. The Morgan fingerprint density at radius 3 is 2.59 bits per heavy atom. The Morgan fingerprint density at radius 1 is 1.24 bits per heavy atom. The highest BCUT2D eigenvalue weighted by molar-refractivity contribution is 6.05. The van der Waals surface area contributed by atoms with Crippen molar-refractivity contribution >= 4 is 17.6 Å². The van der Waals surface area contributed by atoms with E-state index in [0.29, 0.717) is 13.0 Å². The van der Waals surface area contributed by atoms with E-state index in [1.54, 1.807) is 0 Å². The molecule has 0 unspecified atom stereocenters. The number of aliphatic hydroxyl groups is 1. The molecule has 154 valence electrons. The van der Waals surface area contributed by atoms with E-state index in [4.69, 9.17) is 5.73 Å². The lowest BCUT2D eigenvalue weighted by Crippen LogP contribution is -2.29. The molecule has 2 heterocycles. The predicted octanol–water partition coefficient (Wildman–Crippen LogP) is 2.02. The summed E-state index contributed by atoms with van der Waals surface area (Å²) in [5.74, 6) is -1.33. The van der Waals surface area contributed by atoms with Crippen LogP contribution >= 0.6 is 0 Å². The van der Waals surface area contributed by atoms with Gasteiger partial charge in [0.2, 0.25) is 0 Å². The van der Waals surface area contributed by atoms with Crippen molar-refractivity contribution in [2.45, 2.75) is 25.2 Å². The summed E-state index contributed by atoms with van der Waals surface area (Å²) in [6.45, 7) is 0.470. The second-order valence-corrected chi connectivity index (χ2v) is 6.68. The van der Waals surface area contributed by atoms with E-state index in [1.165, 1.54) is 35.2 Å². The zero-order chi connectivity index (χ0) is 21.2. The number of nitrogens with two attached hydrogens (primary N) is 1. The normalized spacial score (nSPS) is 16.7. The Labute approximate surface area is 164 Å². The number of benzene rings is 1. The van der Waals surface area contributed by atoms with Crippen molar-refractivity contribution in [3.63, 3.8) is 0 Å². The molecule has 2 amide bonds. The van der Waals surface area contributed by atoms with E-state index in [9.17, 15) is 27.9 Å². The van der Waals surface area contributed by atoms with Crippen LogP contribution in [0.25, 0.3) is 0 Å². The topological polar surface area (TPSA) is 109 Å². The molecular formula is C19H19F3N4O3. The van der Waals surface area contributed by atoms with Crippen LogP contribution < -0.4 is 11.1 Å². The number of anilines is 1. The molecule has 1 saturated heterocycles. The number of alkyl halides is 3. The molecule has 2 aromatic rings. The summed E-state index contributed by atoms with van der Waals surface area (Å²) in [5, 5.41) is 11.9. The molecule has 0 aliphatic carbocycles. The van der Waals surface area contributed by atoms with Crippen LogP contribution in [-0.2, 0) is 12.7 Å². The molecular weight excluding hydrogens is 389 g/mol. The second kappa shape index (κ2) is 8.18. The van der Waals surface area contributed by atoms with E-state index < -0.39 is 23.9 Å². The molecule has 0 spiro atoms. The number of β-amino-alcohol motifs (C(OH)–C–C–N with tert-alkyl or cyclic N) is 1. The summed E-state index contributed by atoms with van der Waals surface area (Å²) in [7, 11) is 0. The average Bonchev–Trinajstić information content (AvgIpc) is 3.12. The van der Waals surface area contributed by atoms with Crippen LogP contribution in [0.4, 0.5) is 19.0 Å². The molecule has 1 aliphatic rings. The SMILES string of the molecule is NCc1cc(NC(=O)c2cccc(C(=O)N3CC[C@H](O)C3)c2)nc(C(F)(F)F)c1. The standard InChI is InChI=1S/C19H19F3N4O3/c20-19(21,22)15-6-11(9-23)7-16(24-15)25-17(28)12-2-1-3-13(8-12)18(29)26-5-4-14(27)10-26/h1-3,6-8,14,27H,4-5,9-10,23H2,(H,24,25,28)/t14-/m0/s1. The van der Waals surface area contributed by atoms with Crippen molar-refractivity contribution in [1.29, 1.82) is 0 Å². The van der Waals surface area contributed by atoms with E-state index >= 15 is 0 Å². The summed E-state index contributed by atoms with van der Waals surface area (Å²) in [6.07, 6.45) is -4.78. The number of amides is 2. The smallest absolute Gasteiger partial charge is 0.391 e. The Hall–Kier alpha value is -2.98. The molecule has 29 heavy (non-hydrogen) atoms. The van der Waals surface area contributed by atoms with Crippen molar-refractivity contribution in [3.05, 3.63) is 58.8 Å². The Balaban J connectivity index is 1.80. The number of carbonyl (C=O) groups excluding carboxylic acids is 2. The number of hydrogen-bond donors (Lipinski definition) is 3. The third-order valence-electron chi connectivity index (χ3n) is 4.48. The molecule has 0 bridgehead atoms. The number of nitrogens with zero attached hydrogens (tertiary/aromatic N) is 2. The van der Waals surface area contributed by atoms with E-state index in [2.05, 4.69) is 10.3 Å². The highest BCUT2D eigenvalue weighted by Crippen LogP contribution is 2.29. The first-order valence-corrected chi connectivity index (χ1v) is 8.84. The molecule has 7 nitrogen and oxygen atoms in total. The van der Waals surface area contributed by atoms with Crippen molar-refractivity contribution in [2.75, 3.05) is 18.4 Å². The van der Waals surface area contributed by atoms with E-state index in [0.717, 1.165) is 6.07 Å². The van der Waals surface area contributed by atoms with E-state index in [-0.39, 0.29) is 41.5 Å². The summed E-state index contributed by atoms with van der Waals surface area (Å²) in [5.41, 5.74) is 4.76. The van der Waals surface area contributed by atoms with Crippen LogP contribution in [0.3, 0.4) is 0 Å². The quantitative estimate of drug-likeness (QED) is 0.717. The fourth-order valence-electron chi connectivity index (χ4n) is 3.01. The molecule has 1 atom stereocenters. The van der Waals surface area contributed by atoms with Crippen molar-refractivity contribution in [2.24, 2.45) is 5.73 Å². The zero-order valence-electron chi connectivity index (χ0n) is 15.2. The van der Waals surface area contributed by atoms with Crippen LogP contribution in [0.1, 0.15) is 38.4 Å². The molecule has 4 N–H and O–H groups in total. The van der Waals surface area contributed by atoms with Gasteiger partial charge in [-0.15, -0.1) is 0 Å². The average molecular weight is 408 g/mol. The van der Waals surface area contributed by atoms with Gasteiger partial charge in [-0.2, -0.15) is 13.2 Å². The third kappa shape index (κ3) is 4.90. The largest absolute Gasteiger partial charge is 0.433 e. The maximum atomic E-state index is 13.0. The van der Waals surface area contributed by atoms with Crippen molar-refractivity contribution in [1.82, 2.24) is 9.88 Å². The summed E-state index contributed by atoms with van der Waals surface area (Å²) in [6, 6.07) is 7.88. The lowest BCUT2D eigenvalue weighted by molar-refractivity contribution is -0.141. The first-order chi connectivity index (χ1) is 13.7. The first kappa shape index (κ1) is 20.7. The number of pyridine rings is 1. The minimum Gasteiger partial charge on any atom is -0.391 e. The molecule has 0 saturated carbocycles. The maximum Gasteiger partial charge on any atom is 0.433 e. The second-order valence-electron chi connectivity index (χ2n) is 6.68. The van der Waals surface area contributed by atoms with E-state index in [1.807, 2.05) is 0 Å². The van der Waals surface area contributed by atoms with Gasteiger partial charge in [-0.05, 0) is 42.3 Å². The lowest BCUT2D eigenvalue weighted by atomic mass is 10.1. The fourth-order valence-corrected chi connectivity index (χ4v) is 3.01. The number of likely N-dealkylation sites (tertiary alicyclic amines) is 1. The van der Waals surface area contributed by atoms with Crippen LogP contribution in [0, 0.1) is 0 Å². The minimum atomic E-state index is -4.68. The molecule has 1 aliphatic heterocycles. The Bertz CT molecular complexity index is 933. The van der Waals surface area contributed by atoms with Crippen LogP contribution in [-0.4, -0.2) is 46.0 Å². The van der Waals surface area contributed by atoms with Crippen LogP contribution in [0.2, 0.25) is 0 Å². The highest BCUT2D eigenvalue weighted by Gasteiger charge is 2.33. The van der Waals surface area contributed by atoms with Gasteiger partial charge in [-0.3, -0.25) is 9.59 Å². The summed E-state index contributed by atoms with van der Waals surface area (Å²) < 4.78 is 39.0. The summed E-state index contributed by atoms with van der Waals surface area (Å²) in [4.78, 5) is 29.9. The maximum absolute atomic E-state index is 13.0. The van der Waals surface area contributed by atoms with Gasteiger partial charge < -0.3 is 21.1 Å². The van der Waals surface area contributed by atoms with Gasteiger partial charge in [0, 0.05) is 30.8 Å². The van der Waals surface area contributed by atoms with Gasteiger partial charge in [0.1, 0.15) is 11.5 Å². The lowest BCUT2D eigenvalue weighted by Gasteiger charge is -2.16. The zero-order valence-corrected chi connectivity index (χ0v) is 15.2. The molecule has 1 aromatic carbocycles. The predicted molar refractivity (Wildman–Crippen MR) is 98.1 cm³/mol. The number of aromatic nitrogens is 1. The Kier molecular flexibility index (Phi) is 5.85. The summed E-state index contributed by atoms with van der Waals surface area (Å²) >= 11 is 0. The van der Waals surface area contributed by atoms with Gasteiger partial charge in [-0.1, -0.05) is 6.07 Å². The molecule has 10 heteroatoms. The molecule has 3 rings (SSSR count). The number of nitrogens with one attached hydrogen (secondary N) is 1. The number of hydrogen-bond acceptors (Lipinski definition) is 5. The van der Waals surface area contributed by atoms with Gasteiger partial charge in [0.05, 0.1) is 6.10 Å². The minimum absolute atomic E-state index is 0.0871.